The van der Waals surface area contributed by atoms with Crippen LogP contribution in [0.3, 0.4) is 0 Å². The third-order valence-electron chi connectivity index (χ3n) is 2.81. The Morgan fingerprint density at radius 3 is 2.37 bits per heavy atom. The third kappa shape index (κ3) is 2.27. The van der Waals surface area contributed by atoms with E-state index in [-0.39, 0.29) is 5.97 Å². The van der Waals surface area contributed by atoms with Crippen LogP contribution in [0, 0.1) is 11.8 Å². The van der Waals surface area contributed by atoms with E-state index in [0.29, 0.717) is 11.3 Å². The summed E-state index contributed by atoms with van der Waals surface area (Å²) in [6.45, 7) is 0. The van der Waals surface area contributed by atoms with Crippen LogP contribution in [0.1, 0.15) is 21.5 Å². The van der Waals surface area contributed by atoms with Gasteiger partial charge in [0.05, 0.1) is 5.56 Å². The topological polar surface area (TPSA) is 26.3 Å². The van der Waals surface area contributed by atoms with E-state index in [0.717, 1.165) is 11.1 Å². The fourth-order valence-corrected chi connectivity index (χ4v) is 1.90. The van der Waals surface area contributed by atoms with Gasteiger partial charge in [0, 0.05) is 17.2 Å². The molecule has 0 aliphatic carbocycles. The summed E-state index contributed by atoms with van der Waals surface area (Å²) < 4.78 is 5.19. The number of hydrogen-bond acceptors (Lipinski definition) is 2. The molecule has 2 nitrogen and oxygen atoms in total. The van der Waals surface area contributed by atoms with Crippen LogP contribution < -0.4 is 0 Å². The van der Waals surface area contributed by atoms with Crippen LogP contribution in [0.5, 0.6) is 0 Å². The number of fused-ring (bicyclic) bond motifs is 1. The summed E-state index contributed by atoms with van der Waals surface area (Å²) in [5.41, 5.74) is 2.32. The Balaban J connectivity index is 1.91. The van der Waals surface area contributed by atoms with Crippen molar-refractivity contribution in [2.75, 3.05) is 0 Å². The first-order chi connectivity index (χ1) is 9.34. The van der Waals surface area contributed by atoms with Crippen molar-refractivity contribution in [3.05, 3.63) is 77.4 Å². The first kappa shape index (κ1) is 11.3. The first-order valence-corrected chi connectivity index (χ1v) is 5.93. The highest BCUT2D eigenvalue weighted by atomic mass is 16.5. The zero-order valence-electron chi connectivity index (χ0n) is 10.1. The van der Waals surface area contributed by atoms with Crippen molar-refractivity contribution >= 4 is 11.7 Å². The number of carbonyl (C=O) groups excluding carboxylic acids is 1. The van der Waals surface area contributed by atoms with Crippen LogP contribution in [0.25, 0.3) is 5.76 Å². The van der Waals surface area contributed by atoms with Crippen LogP contribution in [-0.2, 0) is 4.74 Å². The molecule has 0 fully saturated rings. The van der Waals surface area contributed by atoms with E-state index in [1.165, 1.54) is 0 Å². The molecule has 0 bridgehead atoms. The smallest absolute Gasteiger partial charge is 0.344 e. The fraction of sp³-hybridized carbons (Fsp3) is 0. The van der Waals surface area contributed by atoms with Gasteiger partial charge in [0.15, 0.2) is 0 Å². The number of ether oxygens (including phenoxy) is 1. The molecular weight excluding hydrogens is 236 g/mol. The van der Waals surface area contributed by atoms with Gasteiger partial charge < -0.3 is 4.74 Å². The van der Waals surface area contributed by atoms with E-state index in [2.05, 4.69) is 11.8 Å². The Kier molecular flexibility index (Phi) is 2.88. The second-order valence-electron chi connectivity index (χ2n) is 4.08. The van der Waals surface area contributed by atoms with E-state index in [9.17, 15) is 4.79 Å². The van der Waals surface area contributed by atoms with E-state index in [4.69, 9.17) is 4.74 Å². The molecule has 19 heavy (non-hydrogen) atoms. The number of rotatable bonds is 0. The van der Waals surface area contributed by atoms with Crippen LogP contribution >= 0.6 is 0 Å². The van der Waals surface area contributed by atoms with Crippen molar-refractivity contribution in [3.63, 3.8) is 0 Å². The van der Waals surface area contributed by atoms with Crippen molar-refractivity contribution < 1.29 is 9.53 Å². The lowest BCUT2D eigenvalue weighted by molar-refractivity contribution is 0.0716. The quantitative estimate of drug-likeness (QED) is 0.527. The van der Waals surface area contributed by atoms with Gasteiger partial charge in [-0.1, -0.05) is 48.2 Å². The number of esters is 1. The standard InChI is InChI=1S/C17H10O2/c18-17-15-11-5-4-10-14(15)16(19-17)12-6-9-13-7-2-1-3-8-13/h1-5,7-8,10-12H/b16-12+. The van der Waals surface area contributed by atoms with Crippen molar-refractivity contribution in [1.29, 1.82) is 0 Å². The van der Waals surface area contributed by atoms with Gasteiger partial charge in [0.2, 0.25) is 0 Å². The SMILES string of the molecule is O=C1O/C(=C/C#Cc2ccccc2)c2ccccc21. The average molecular weight is 246 g/mol. The highest BCUT2D eigenvalue weighted by Gasteiger charge is 2.24. The number of benzene rings is 2. The van der Waals surface area contributed by atoms with Crippen molar-refractivity contribution in [2.24, 2.45) is 0 Å². The minimum absolute atomic E-state index is 0.316. The van der Waals surface area contributed by atoms with Gasteiger partial charge in [-0.3, -0.25) is 0 Å². The van der Waals surface area contributed by atoms with Crippen molar-refractivity contribution in [2.45, 2.75) is 0 Å². The second-order valence-corrected chi connectivity index (χ2v) is 4.08. The molecule has 0 unspecified atom stereocenters. The summed E-state index contributed by atoms with van der Waals surface area (Å²) in [7, 11) is 0. The van der Waals surface area contributed by atoms with E-state index >= 15 is 0 Å². The highest BCUT2D eigenvalue weighted by Crippen LogP contribution is 2.28. The molecule has 0 N–H and O–H groups in total. The van der Waals surface area contributed by atoms with Gasteiger partial charge in [-0.2, -0.15) is 0 Å². The molecule has 0 atom stereocenters. The summed E-state index contributed by atoms with van der Waals surface area (Å²) >= 11 is 0. The molecule has 0 amide bonds. The molecular formula is C17H10O2. The normalized spacial score (nSPS) is 14.5. The molecule has 0 saturated heterocycles. The Labute approximate surface area is 111 Å². The third-order valence-corrected chi connectivity index (χ3v) is 2.81. The molecule has 3 rings (SSSR count). The molecule has 0 spiro atoms. The molecule has 2 heteroatoms. The van der Waals surface area contributed by atoms with Crippen molar-refractivity contribution in [3.8, 4) is 11.8 Å². The molecule has 1 aliphatic rings. The average Bonchev–Trinajstić information content (AvgIpc) is 2.78. The molecule has 2 aromatic carbocycles. The maximum atomic E-state index is 11.6. The first-order valence-electron chi connectivity index (χ1n) is 5.93. The maximum Gasteiger partial charge on any atom is 0.344 e. The largest absolute Gasteiger partial charge is 0.422 e. The zero-order valence-corrected chi connectivity index (χ0v) is 10.1. The van der Waals surface area contributed by atoms with Gasteiger partial charge in [-0.25, -0.2) is 4.79 Å². The van der Waals surface area contributed by atoms with Gasteiger partial charge in [0.25, 0.3) is 0 Å². The van der Waals surface area contributed by atoms with Crippen LogP contribution in [0.2, 0.25) is 0 Å². The number of hydrogen-bond donors (Lipinski definition) is 0. The fourth-order valence-electron chi connectivity index (χ4n) is 1.90. The number of cyclic esters (lactones) is 1. The summed E-state index contributed by atoms with van der Waals surface area (Å²) in [5, 5.41) is 0. The van der Waals surface area contributed by atoms with Gasteiger partial charge in [0.1, 0.15) is 5.76 Å². The molecule has 0 aromatic heterocycles. The predicted molar refractivity (Wildman–Crippen MR) is 73.2 cm³/mol. The Hall–Kier alpha value is -2.79. The predicted octanol–water partition coefficient (Wildman–Crippen LogP) is 3.25. The van der Waals surface area contributed by atoms with Crippen LogP contribution in [0.4, 0.5) is 0 Å². The van der Waals surface area contributed by atoms with Gasteiger partial charge in [-0.15, -0.1) is 0 Å². The lowest BCUT2D eigenvalue weighted by atomic mass is 10.1. The molecule has 90 valence electrons. The van der Waals surface area contributed by atoms with Crippen LogP contribution in [-0.4, -0.2) is 5.97 Å². The minimum atomic E-state index is -0.316. The van der Waals surface area contributed by atoms with E-state index < -0.39 is 0 Å². The van der Waals surface area contributed by atoms with E-state index in [1.807, 2.05) is 48.5 Å². The lowest BCUT2D eigenvalue weighted by Crippen LogP contribution is -1.92. The summed E-state index contributed by atoms with van der Waals surface area (Å²) in [6.07, 6.45) is 1.64. The molecule has 1 aliphatic heterocycles. The summed E-state index contributed by atoms with van der Waals surface area (Å²) in [6, 6.07) is 17.0. The summed E-state index contributed by atoms with van der Waals surface area (Å²) in [4.78, 5) is 11.6. The highest BCUT2D eigenvalue weighted by molar-refractivity contribution is 6.03. The molecule has 1 heterocycles. The van der Waals surface area contributed by atoms with Crippen molar-refractivity contribution in [1.82, 2.24) is 0 Å². The molecule has 0 saturated carbocycles. The number of carbonyl (C=O) groups is 1. The Morgan fingerprint density at radius 2 is 1.58 bits per heavy atom. The Bertz CT molecular complexity index is 716. The van der Waals surface area contributed by atoms with Crippen LogP contribution in [0.15, 0.2) is 60.7 Å². The lowest BCUT2D eigenvalue weighted by Gasteiger charge is -1.93. The van der Waals surface area contributed by atoms with Gasteiger partial charge >= 0.3 is 5.97 Å². The molecule has 2 aromatic rings. The monoisotopic (exact) mass is 246 g/mol. The minimum Gasteiger partial charge on any atom is -0.422 e. The zero-order chi connectivity index (χ0) is 13.1. The maximum absolute atomic E-state index is 11.6. The Morgan fingerprint density at radius 1 is 0.895 bits per heavy atom. The van der Waals surface area contributed by atoms with E-state index in [1.54, 1.807) is 12.1 Å². The molecule has 0 radical (unpaired) electrons. The van der Waals surface area contributed by atoms with Gasteiger partial charge in [-0.05, 0) is 18.2 Å². The summed E-state index contributed by atoms with van der Waals surface area (Å²) in [5.74, 6) is 6.12. The second kappa shape index (κ2) is 4.83. The number of allylic oxidation sites excluding steroid dienone is 1.